The number of methoxy groups -OCH3 is 2. The average molecular weight is 282 g/mol. The summed E-state index contributed by atoms with van der Waals surface area (Å²) in [4.78, 5) is 9.36. The van der Waals surface area contributed by atoms with Crippen molar-refractivity contribution in [1.29, 1.82) is 0 Å². The number of rotatable bonds is 4. The summed E-state index contributed by atoms with van der Waals surface area (Å²) < 4.78 is 32.2. The van der Waals surface area contributed by atoms with Gasteiger partial charge in [-0.3, -0.25) is 10.1 Å². The van der Waals surface area contributed by atoms with Gasteiger partial charge in [0.15, 0.2) is 11.5 Å². The van der Waals surface area contributed by atoms with Crippen LogP contribution in [0.5, 0.6) is 11.5 Å². The molecule has 7 nitrogen and oxygen atoms in total. The standard InChI is InChI=1S/C8H8ClNO6S/c1-15-6-3-5(10(11)12)4-7(8(6)16-2)17(9,13)14/h3-4H,1-2H3. The first-order chi connectivity index (χ1) is 7.81. The van der Waals surface area contributed by atoms with Crippen molar-refractivity contribution in [3.05, 3.63) is 22.2 Å². The molecule has 1 aromatic carbocycles. The molecule has 94 valence electrons. The Morgan fingerprint density at radius 1 is 1.29 bits per heavy atom. The molecule has 0 amide bonds. The minimum absolute atomic E-state index is 0.0825. The minimum atomic E-state index is -4.17. The highest BCUT2D eigenvalue weighted by Gasteiger charge is 2.25. The molecule has 0 fully saturated rings. The van der Waals surface area contributed by atoms with Gasteiger partial charge in [0.25, 0.3) is 14.7 Å². The minimum Gasteiger partial charge on any atom is -0.493 e. The maximum Gasteiger partial charge on any atom is 0.274 e. The van der Waals surface area contributed by atoms with Crippen molar-refractivity contribution < 1.29 is 22.8 Å². The van der Waals surface area contributed by atoms with Crippen molar-refractivity contribution in [3.63, 3.8) is 0 Å². The fourth-order valence-corrected chi connectivity index (χ4v) is 2.21. The van der Waals surface area contributed by atoms with Crippen LogP contribution in [0.1, 0.15) is 0 Å². The fraction of sp³-hybridized carbons (Fsp3) is 0.250. The lowest BCUT2D eigenvalue weighted by molar-refractivity contribution is -0.385. The largest absolute Gasteiger partial charge is 0.493 e. The monoisotopic (exact) mass is 281 g/mol. The van der Waals surface area contributed by atoms with Gasteiger partial charge in [-0.15, -0.1) is 0 Å². The molecule has 9 heteroatoms. The van der Waals surface area contributed by atoms with E-state index in [-0.39, 0.29) is 11.5 Å². The highest BCUT2D eigenvalue weighted by Crippen LogP contribution is 2.39. The SMILES string of the molecule is COc1cc([N+](=O)[O-])cc(S(=O)(=O)Cl)c1OC. The Hall–Kier alpha value is -1.54. The number of nitrogens with zero attached hydrogens (tertiary/aromatic N) is 1. The van der Waals surface area contributed by atoms with Gasteiger partial charge in [0, 0.05) is 16.7 Å². The third-order valence-corrected chi connectivity index (χ3v) is 3.23. The molecule has 0 N–H and O–H groups in total. The highest BCUT2D eigenvalue weighted by molar-refractivity contribution is 8.13. The quantitative estimate of drug-likeness (QED) is 0.472. The number of nitro groups is 1. The molecule has 1 rings (SSSR count). The van der Waals surface area contributed by atoms with Crippen LogP contribution in [0.2, 0.25) is 0 Å². The van der Waals surface area contributed by atoms with Crippen molar-refractivity contribution in [2.45, 2.75) is 4.90 Å². The van der Waals surface area contributed by atoms with Crippen LogP contribution >= 0.6 is 10.7 Å². The Balaban J connectivity index is 3.66. The number of hydrogen-bond acceptors (Lipinski definition) is 6. The third kappa shape index (κ3) is 2.77. The van der Waals surface area contributed by atoms with Crippen LogP contribution in [0.4, 0.5) is 5.69 Å². The first-order valence-electron chi connectivity index (χ1n) is 4.16. The first kappa shape index (κ1) is 13.5. The second kappa shape index (κ2) is 4.76. The van der Waals surface area contributed by atoms with E-state index >= 15 is 0 Å². The van der Waals surface area contributed by atoms with Crippen LogP contribution in [0.15, 0.2) is 17.0 Å². The van der Waals surface area contributed by atoms with E-state index < -0.39 is 24.6 Å². The van der Waals surface area contributed by atoms with Gasteiger partial charge in [0.1, 0.15) is 4.90 Å². The zero-order valence-corrected chi connectivity index (χ0v) is 10.4. The van der Waals surface area contributed by atoms with Crippen molar-refractivity contribution in [2.75, 3.05) is 14.2 Å². The smallest absolute Gasteiger partial charge is 0.274 e. The Morgan fingerprint density at radius 3 is 2.24 bits per heavy atom. The van der Waals surface area contributed by atoms with Crippen molar-refractivity contribution in [3.8, 4) is 11.5 Å². The Kier molecular flexibility index (Phi) is 3.79. The van der Waals surface area contributed by atoms with E-state index in [1.807, 2.05) is 0 Å². The summed E-state index contributed by atoms with van der Waals surface area (Å²) in [6.07, 6.45) is 0. The van der Waals surface area contributed by atoms with Gasteiger partial charge in [0.2, 0.25) is 0 Å². The Bertz CT molecular complexity index is 555. The van der Waals surface area contributed by atoms with Crippen LogP contribution in [-0.2, 0) is 9.05 Å². The van der Waals surface area contributed by atoms with Crippen LogP contribution in [-0.4, -0.2) is 27.6 Å². The molecule has 0 saturated carbocycles. The van der Waals surface area contributed by atoms with Gasteiger partial charge in [-0.25, -0.2) is 8.42 Å². The molecule has 0 unspecified atom stereocenters. The van der Waals surface area contributed by atoms with Gasteiger partial charge < -0.3 is 9.47 Å². The summed E-state index contributed by atoms with van der Waals surface area (Å²) in [5, 5.41) is 10.6. The average Bonchev–Trinajstić information content (AvgIpc) is 2.25. The number of nitro benzene ring substituents is 1. The van der Waals surface area contributed by atoms with E-state index in [4.69, 9.17) is 20.2 Å². The summed E-state index contributed by atoms with van der Waals surface area (Å²) in [6.45, 7) is 0. The molecule has 17 heavy (non-hydrogen) atoms. The van der Waals surface area contributed by atoms with E-state index in [1.165, 1.54) is 14.2 Å². The molecular formula is C8H8ClNO6S. The number of hydrogen-bond donors (Lipinski definition) is 0. The van der Waals surface area contributed by atoms with Gasteiger partial charge in [-0.1, -0.05) is 0 Å². The van der Waals surface area contributed by atoms with Crippen LogP contribution in [0.3, 0.4) is 0 Å². The van der Waals surface area contributed by atoms with Crippen LogP contribution in [0, 0.1) is 10.1 Å². The van der Waals surface area contributed by atoms with Gasteiger partial charge >= 0.3 is 0 Å². The summed E-state index contributed by atoms with van der Waals surface area (Å²) >= 11 is 0. The van der Waals surface area contributed by atoms with Gasteiger partial charge in [-0.2, -0.15) is 0 Å². The predicted octanol–water partition coefficient (Wildman–Crippen LogP) is 1.54. The zero-order chi connectivity index (χ0) is 13.2. The van der Waals surface area contributed by atoms with E-state index in [2.05, 4.69) is 0 Å². The lowest BCUT2D eigenvalue weighted by atomic mass is 10.3. The van der Waals surface area contributed by atoms with E-state index in [1.54, 1.807) is 0 Å². The molecule has 0 bridgehead atoms. The lowest BCUT2D eigenvalue weighted by Gasteiger charge is -2.10. The molecule has 0 aliphatic rings. The Labute approximate surface area is 101 Å². The molecule has 0 heterocycles. The highest BCUT2D eigenvalue weighted by atomic mass is 35.7. The topological polar surface area (TPSA) is 95.7 Å². The lowest BCUT2D eigenvalue weighted by Crippen LogP contribution is -2.01. The zero-order valence-electron chi connectivity index (χ0n) is 8.84. The number of benzene rings is 1. The summed E-state index contributed by atoms with van der Waals surface area (Å²) in [7, 11) is 3.42. The maximum atomic E-state index is 11.3. The van der Waals surface area contributed by atoms with E-state index in [0.29, 0.717) is 0 Å². The molecule has 0 spiro atoms. The van der Waals surface area contributed by atoms with Crippen molar-refractivity contribution >= 4 is 25.4 Å². The Morgan fingerprint density at radius 2 is 1.88 bits per heavy atom. The second-order valence-corrected chi connectivity index (χ2v) is 5.41. The fourth-order valence-electron chi connectivity index (χ4n) is 1.20. The molecule has 0 saturated heterocycles. The van der Waals surface area contributed by atoms with Gasteiger partial charge in [-0.05, 0) is 0 Å². The molecule has 0 radical (unpaired) electrons. The number of ether oxygens (including phenoxy) is 2. The second-order valence-electron chi connectivity index (χ2n) is 2.87. The van der Waals surface area contributed by atoms with E-state index in [9.17, 15) is 18.5 Å². The first-order valence-corrected chi connectivity index (χ1v) is 6.47. The normalized spacial score (nSPS) is 11.0. The molecular weight excluding hydrogens is 274 g/mol. The van der Waals surface area contributed by atoms with Crippen LogP contribution < -0.4 is 9.47 Å². The molecule has 0 atom stereocenters. The number of halogens is 1. The van der Waals surface area contributed by atoms with Crippen molar-refractivity contribution in [2.24, 2.45) is 0 Å². The molecule has 1 aromatic rings. The van der Waals surface area contributed by atoms with Gasteiger partial charge in [0.05, 0.1) is 25.2 Å². The van der Waals surface area contributed by atoms with E-state index in [0.717, 1.165) is 12.1 Å². The molecule has 0 aliphatic carbocycles. The van der Waals surface area contributed by atoms with Crippen molar-refractivity contribution in [1.82, 2.24) is 0 Å². The summed E-state index contributed by atoms with van der Waals surface area (Å²) in [5.41, 5.74) is -0.457. The summed E-state index contributed by atoms with van der Waals surface area (Å²) in [6, 6.07) is 1.86. The van der Waals surface area contributed by atoms with Crippen LogP contribution in [0.25, 0.3) is 0 Å². The number of non-ortho nitro benzene ring substituents is 1. The predicted molar refractivity (Wildman–Crippen MR) is 59.2 cm³/mol. The summed E-state index contributed by atoms with van der Waals surface area (Å²) in [5.74, 6) is -0.256. The molecule has 0 aromatic heterocycles. The maximum absolute atomic E-state index is 11.3. The molecule has 0 aliphatic heterocycles. The third-order valence-electron chi connectivity index (χ3n) is 1.90.